The van der Waals surface area contributed by atoms with E-state index in [0.29, 0.717) is 36.8 Å². The number of aromatic amines is 1. The predicted octanol–water partition coefficient (Wildman–Crippen LogP) is 1.28. The Bertz CT molecular complexity index is 439. The van der Waals surface area contributed by atoms with Gasteiger partial charge in [0.05, 0.1) is 5.02 Å². The summed E-state index contributed by atoms with van der Waals surface area (Å²) in [7, 11) is 0. The second-order valence-corrected chi connectivity index (χ2v) is 4.52. The lowest BCUT2D eigenvalue weighted by Gasteiger charge is -2.18. The molecule has 0 aliphatic carbocycles. The number of amides is 2. The molecule has 2 rings (SSSR count). The monoisotopic (exact) mass is 275 g/mol. The summed E-state index contributed by atoms with van der Waals surface area (Å²) < 4.78 is 0. The summed E-state index contributed by atoms with van der Waals surface area (Å²) in [5, 5.41) is 3.27. The number of carbonyl (C=O) groups excluding carboxylic acids is 2. The lowest BCUT2D eigenvalue weighted by Crippen LogP contribution is -2.34. The molecular weight excluding hydrogens is 265 g/mol. The van der Waals surface area contributed by atoms with Gasteiger partial charge in [-0.05, 0) is 6.07 Å². The molecule has 0 atom stereocenters. The fourth-order valence-electron chi connectivity index (χ4n) is 1.66. The van der Waals surface area contributed by atoms with E-state index in [2.05, 4.69) is 10.3 Å². The summed E-state index contributed by atoms with van der Waals surface area (Å²) in [5.74, 6) is -0.238. The Balaban J connectivity index is 2.11. The van der Waals surface area contributed by atoms with Crippen LogP contribution in [0.15, 0.2) is 6.07 Å². The molecule has 0 bridgehead atoms. The van der Waals surface area contributed by atoms with Gasteiger partial charge in [-0.15, -0.1) is 0 Å². The molecule has 92 valence electrons. The Hall–Kier alpha value is -1.20. The molecule has 2 amide bonds. The van der Waals surface area contributed by atoms with Gasteiger partial charge < -0.3 is 15.2 Å². The molecule has 0 radical (unpaired) electrons. The maximum Gasteiger partial charge on any atom is 0.270 e. The van der Waals surface area contributed by atoms with E-state index in [1.807, 2.05) is 0 Å². The molecule has 0 unspecified atom stereocenters. The zero-order chi connectivity index (χ0) is 12.4. The molecule has 2 N–H and O–H groups in total. The van der Waals surface area contributed by atoms with Crippen molar-refractivity contribution in [2.75, 3.05) is 19.6 Å². The number of rotatable bonds is 1. The van der Waals surface area contributed by atoms with Crippen LogP contribution in [0, 0.1) is 0 Å². The number of hydrogen-bond donors (Lipinski definition) is 2. The molecule has 0 saturated carbocycles. The van der Waals surface area contributed by atoms with Crippen molar-refractivity contribution in [2.24, 2.45) is 0 Å². The number of hydrogen-bond acceptors (Lipinski definition) is 2. The number of nitrogens with one attached hydrogen (secondary N) is 2. The molecule has 5 nitrogen and oxygen atoms in total. The molecule has 1 aromatic heterocycles. The smallest absolute Gasteiger partial charge is 0.270 e. The number of aromatic nitrogens is 1. The Kier molecular flexibility index (Phi) is 3.59. The van der Waals surface area contributed by atoms with Crippen LogP contribution in [0.25, 0.3) is 0 Å². The van der Waals surface area contributed by atoms with Crippen molar-refractivity contribution in [3.63, 3.8) is 0 Å². The highest BCUT2D eigenvalue weighted by Crippen LogP contribution is 2.22. The molecule has 1 fully saturated rings. The van der Waals surface area contributed by atoms with Crippen LogP contribution in [0.4, 0.5) is 0 Å². The average Bonchev–Trinajstić information content (AvgIpc) is 2.51. The highest BCUT2D eigenvalue weighted by molar-refractivity contribution is 6.41. The van der Waals surface area contributed by atoms with E-state index in [1.54, 1.807) is 4.90 Å². The van der Waals surface area contributed by atoms with Crippen LogP contribution in [0.2, 0.25) is 10.2 Å². The maximum absolute atomic E-state index is 12.1. The van der Waals surface area contributed by atoms with Crippen molar-refractivity contribution >= 4 is 35.0 Å². The summed E-state index contributed by atoms with van der Waals surface area (Å²) in [6.07, 6.45) is 0.313. The van der Waals surface area contributed by atoms with Crippen molar-refractivity contribution in [3.05, 3.63) is 21.9 Å². The van der Waals surface area contributed by atoms with Gasteiger partial charge in [0.25, 0.3) is 5.91 Å². The number of carbonyl (C=O) groups is 2. The SMILES string of the molecule is O=C1CCN(C(=O)c2cc(Cl)c(Cl)[nH]2)CCN1. The van der Waals surface area contributed by atoms with Crippen LogP contribution in [-0.2, 0) is 4.79 Å². The van der Waals surface area contributed by atoms with E-state index in [1.165, 1.54) is 6.07 Å². The highest BCUT2D eigenvalue weighted by atomic mass is 35.5. The Morgan fingerprint density at radius 3 is 2.76 bits per heavy atom. The zero-order valence-electron chi connectivity index (χ0n) is 8.93. The van der Waals surface area contributed by atoms with Gasteiger partial charge in [-0.25, -0.2) is 0 Å². The summed E-state index contributed by atoms with van der Waals surface area (Å²) in [6.45, 7) is 1.35. The first-order chi connectivity index (χ1) is 8.08. The fourth-order valence-corrected chi connectivity index (χ4v) is 1.97. The highest BCUT2D eigenvalue weighted by Gasteiger charge is 2.21. The molecule has 17 heavy (non-hydrogen) atoms. The van der Waals surface area contributed by atoms with E-state index < -0.39 is 0 Å². The third kappa shape index (κ3) is 2.73. The summed E-state index contributed by atoms with van der Waals surface area (Å²) in [5.41, 5.74) is 0.342. The van der Waals surface area contributed by atoms with Gasteiger partial charge >= 0.3 is 0 Å². The van der Waals surface area contributed by atoms with Gasteiger partial charge in [0, 0.05) is 26.1 Å². The van der Waals surface area contributed by atoms with E-state index in [9.17, 15) is 9.59 Å². The van der Waals surface area contributed by atoms with Gasteiger partial charge in [0.1, 0.15) is 10.8 Å². The number of H-pyrrole nitrogens is 1. The van der Waals surface area contributed by atoms with Gasteiger partial charge in [-0.3, -0.25) is 9.59 Å². The van der Waals surface area contributed by atoms with Crippen LogP contribution < -0.4 is 5.32 Å². The van der Waals surface area contributed by atoms with Gasteiger partial charge in [-0.2, -0.15) is 0 Å². The first kappa shape index (κ1) is 12.3. The fraction of sp³-hybridized carbons (Fsp3) is 0.400. The van der Waals surface area contributed by atoms with Crippen molar-refractivity contribution in [3.8, 4) is 0 Å². The van der Waals surface area contributed by atoms with Gasteiger partial charge in [0.2, 0.25) is 5.91 Å². The van der Waals surface area contributed by atoms with Gasteiger partial charge in [-0.1, -0.05) is 23.2 Å². The molecule has 1 aliphatic heterocycles. The van der Waals surface area contributed by atoms with Crippen molar-refractivity contribution in [1.29, 1.82) is 0 Å². The molecule has 0 spiro atoms. The number of halogens is 2. The summed E-state index contributed by atoms with van der Waals surface area (Å²) in [4.78, 5) is 27.5. The second-order valence-electron chi connectivity index (χ2n) is 3.74. The van der Waals surface area contributed by atoms with Crippen molar-refractivity contribution in [1.82, 2.24) is 15.2 Å². The summed E-state index contributed by atoms with van der Waals surface area (Å²) in [6, 6.07) is 1.49. The molecule has 0 aromatic carbocycles. The van der Waals surface area contributed by atoms with Crippen LogP contribution in [0.1, 0.15) is 16.9 Å². The normalized spacial score (nSPS) is 16.6. The van der Waals surface area contributed by atoms with Crippen molar-refractivity contribution < 1.29 is 9.59 Å². The van der Waals surface area contributed by atoms with Crippen LogP contribution in [0.3, 0.4) is 0 Å². The quantitative estimate of drug-likeness (QED) is 0.811. The molecule has 7 heteroatoms. The van der Waals surface area contributed by atoms with E-state index in [-0.39, 0.29) is 17.0 Å². The first-order valence-electron chi connectivity index (χ1n) is 5.18. The average molecular weight is 276 g/mol. The van der Waals surface area contributed by atoms with E-state index in [4.69, 9.17) is 23.2 Å². The third-order valence-electron chi connectivity index (χ3n) is 2.56. The topological polar surface area (TPSA) is 65.2 Å². The lowest BCUT2D eigenvalue weighted by atomic mass is 10.3. The van der Waals surface area contributed by atoms with E-state index in [0.717, 1.165) is 0 Å². The Morgan fingerprint density at radius 2 is 2.12 bits per heavy atom. The first-order valence-corrected chi connectivity index (χ1v) is 5.93. The molecular formula is C10H11Cl2N3O2. The predicted molar refractivity (Wildman–Crippen MR) is 64.3 cm³/mol. The minimum absolute atomic E-state index is 0.0390. The van der Waals surface area contributed by atoms with Crippen LogP contribution >= 0.6 is 23.2 Å². The zero-order valence-corrected chi connectivity index (χ0v) is 10.4. The number of nitrogens with zero attached hydrogens (tertiary/aromatic N) is 1. The second kappa shape index (κ2) is 4.98. The third-order valence-corrected chi connectivity index (χ3v) is 3.25. The minimum atomic E-state index is -0.199. The largest absolute Gasteiger partial charge is 0.354 e. The molecule has 2 heterocycles. The van der Waals surface area contributed by atoms with E-state index >= 15 is 0 Å². The molecule has 1 aromatic rings. The van der Waals surface area contributed by atoms with Crippen molar-refractivity contribution in [2.45, 2.75) is 6.42 Å². The maximum atomic E-state index is 12.1. The van der Waals surface area contributed by atoms with Crippen LogP contribution in [0.5, 0.6) is 0 Å². The Labute approximate surface area is 108 Å². The van der Waals surface area contributed by atoms with Gasteiger partial charge in [0.15, 0.2) is 0 Å². The standard InChI is InChI=1S/C10H11Cl2N3O2/c11-6-5-7(14-9(6)12)10(17)15-3-1-8(16)13-2-4-15/h5,14H,1-4H2,(H,13,16). The van der Waals surface area contributed by atoms with Crippen LogP contribution in [-0.4, -0.2) is 41.3 Å². The molecule has 1 aliphatic rings. The minimum Gasteiger partial charge on any atom is -0.354 e. The Morgan fingerprint density at radius 1 is 1.35 bits per heavy atom. The molecule has 1 saturated heterocycles. The lowest BCUT2D eigenvalue weighted by molar-refractivity contribution is -0.120. The summed E-state index contributed by atoms with van der Waals surface area (Å²) >= 11 is 11.5.